The van der Waals surface area contributed by atoms with Gasteiger partial charge in [-0.2, -0.15) is 10.5 Å². The van der Waals surface area contributed by atoms with E-state index in [0.717, 1.165) is 0 Å². The molecular weight excluding hydrogens is 148 g/mol. The SMILES string of the molecule is [O-][NH+]1O[NH+]([O-])C2CC=CCC21. The highest BCUT2D eigenvalue weighted by atomic mass is 17.1. The third-order valence-electron chi connectivity index (χ3n) is 2.24. The molecule has 0 spiro atoms. The molecule has 1 heterocycles. The molecule has 1 fully saturated rings. The molecule has 1 saturated heterocycles. The van der Waals surface area contributed by atoms with Crippen molar-refractivity contribution in [3.05, 3.63) is 22.6 Å². The lowest BCUT2D eigenvalue weighted by Crippen LogP contribution is -3.18. The largest absolute Gasteiger partial charge is 0.595 e. The molecule has 11 heavy (non-hydrogen) atoms. The molecule has 0 bridgehead atoms. The summed E-state index contributed by atoms with van der Waals surface area (Å²) in [5.74, 6) is 0. The van der Waals surface area contributed by atoms with Gasteiger partial charge in [0.1, 0.15) is 0 Å². The van der Waals surface area contributed by atoms with Gasteiger partial charge in [-0.3, -0.25) is 0 Å². The zero-order chi connectivity index (χ0) is 7.84. The Kier molecular flexibility index (Phi) is 1.67. The fraction of sp³-hybridized carbons (Fsp3) is 0.667. The molecule has 5 nitrogen and oxygen atoms in total. The number of quaternary nitrogens is 2. The van der Waals surface area contributed by atoms with Crippen molar-refractivity contribution in [2.45, 2.75) is 24.9 Å². The smallest absolute Gasteiger partial charge is 0.181 e. The molecule has 1 aliphatic carbocycles. The molecule has 0 saturated carbocycles. The van der Waals surface area contributed by atoms with E-state index in [1.165, 1.54) is 0 Å². The number of nitrogens with one attached hydrogen (secondary N) is 2. The van der Waals surface area contributed by atoms with Gasteiger partial charge in [-0.25, -0.2) is 0 Å². The number of rotatable bonds is 0. The Bertz CT molecular complexity index is 167. The van der Waals surface area contributed by atoms with Crippen molar-refractivity contribution in [2.24, 2.45) is 0 Å². The van der Waals surface area contributed by atoms with Gasteiger partial charge in [0.25, 0.3) is 0 Å². The molecular formula is C6H10N2O3. The molecule has 0 aromatic carbocycles. The second-order valence-electron chi connectivity index (χ2n) is 2.90. The fourth-order valence-corrected chi connectivity index (χ4v) is 1.59. The molecule has 4 unspecified atom stereocenters. The summed E-state index contributed by atoms with van der Waals surface area (Å²) >= 11 is 0. The summed E-state index contributed by atoms with van der Waals surface area (Å²) in [7, 11) is 0. The van der Waals surface area contributed by atoms with Crippen LogP contribution in [0.25, 0.3) is 0 Å². The van der Waals surface area contributed by atoms with Crippen LogP contribution in [-0.4, -0.2) is 12.1 Å². The van der Waals surface area contributed by atoms with Crippen LogP contribution in [-0.2, 0) is 4.94 Å². The van der Waals surface area contributed by atoms with E-state index in [1.807, 2.05) is 12.2 Å². The normalized spacial score (nSPS) is 49.3. The van der Waals surface area contributed by atoms with E-state index >= 15 is 0 Å². The van der Waals surface area contributed by atoms with Gasteiger partial charge in [-0.1, -0.05) is 12.2 Å². The monoisotopic (exact) mass is 158 g/mol. The molecule has 2 rings (SSSR count). The predicted octanol–water partition coefficient (Wildman–Crippen LogP) is -2.30. The third kappa shape index (κ3) is 1.07. The van der Waals surface area contributed by atoms with Crippen LogP contribution in [0.3, 0.4) is 0 Å². The minimum absolute atomic E-state index is 0.188. The van der Waals surface area contributed by atoms with E-state index in [0.29, 0.717) is 12.8 Å². The lowest BCUT2D eigenvalue weighted by atomic mass is 9.98. The Hall–Kier alpha value is -0.460. The maximum atomic E-state index is 10.9. The summed E-state index contributed by atoms with van der Waals surface area (Å²) in [6.45, 7) is 0. The van der Waals surface area contributed by atoms with Crippen molar-refractivity contribution in [3.8, 4) is 0 Å². The zero-order valence-corrected chi connectivity index (χ0v) is 5.95. The maximum absolute atomic E-state index is 10.9. The van der Waals surface area contributed by atoms with E-state index < -0.39 is 0 Å². The van der Waals surface area contributed by atoms with Gasteiger partial charge < -0.3 is 10.4 Å². The molecule has 0 aromatic heterocycles. The summed E-state index contributed by atoms with van der Waals surface area (Å²) in [5.41, 5.74) is 0. The van der Waals surface area contributed by atoms with Gasteiger partial charge in [0, 0.05) is 12.8 Å². The van der Waals surface area contributed by atoms with Crippen molar-refractivity contribution in [1.82, 2.24) is 0 Å². The van der Waals surface area contributed by atoms with E-state index in [9.17, 15) is 10.4 Å². The van der Waals surface area contributed by atoms with E-state index in [-0.39, 0.29) is 22.5 Å². The van der Waals surface area contributed by atoms with Gasteiger partial charge in [-0.15, -0.1) is 0 Å². The Balaban J connectivity index is 2.14. The number of hydrogen-bond donors (Lipinski definition) is 2. The second kappa shape index (κ2) is 2.54. The van der Waals surface area contributed by atoms with Gasteiger partial charge in [0.15, 0.2) is 12.1 Å². The van der Waals surface area contributed by atoms with Crippen molar-refractivity contribution >= 4 is 0 Å². The summed E-state index contributed by atoms with van der Waals surface area (Å²) in [4.78, 5) is 4.49. The molecule has 2 aliphatic rings. The second-order valence-corrected chi connectivity index (χ2v) is 2.90. The first-order chi connectivity index (χ1) is 5.29. The minimum Gasteiger partial charge on any atom is -0.595 e. The molecule has 0 amide bonds. The highest BCUT2D eigenvalue weighted by Crippen LogP contribution is 2.08. The first-order valence-corrected chi connectivity index (χ1v) is 3.69. The van der Waals surface area contributed by atoms with Crippen LogP contribution in [0, 0.1) is 10.4 Å². The zero-order valence-electron chi connectivity index (χ0n) is 5.95. The lowest BCUT2D eigenvalue weighted by Gasteiger charge is -2.19. The van der Waals surface area contributed by atoms with E-state index in [4.69, 9.17) is 0 Å². The maximum Gasteiger partial charge on any atom is 0.181 e. The first kappa shape index (κ1) is 7.20. The molecule has 4 atom stereocenters. The van der Waals surface area contributed by atoms with E-state index in [2.05, 4.69) is 4.94 Å². The van der Waals surface area contributed by atoms with Crippen LogP contribution in [0.4, 0.5) is 0 Å². The van der Waals surface area contributed by atoms with Crippen molar-refractivity contribution in [1.29, 1.82) is 0 Å². The standard InChI is InChI=1S/C6H10N2O3/c9-7-5-3-1-2-4-6(5)8(10)11-7/h1-2,5-8H,3-4H2. The minimum atomic E-state index is -0.343. The Labute approximate surface area is 63.9 Å². The summed E-state index contributed by atoms with van der Waals surface area (Å²) in [6, 6.07) is -0.375. The summed E-state index contributed by atoms with van der Waals surface area (Å²) in [5, 5.41) is 21.2. The average Bonchev–Trinajstić information content (AvgIpc) is 2.30. The molecule has 0 radical (unpaired) electrons. The highest BCUT2D eigenvalue weighted by molar-refractivity contribution is 4.95. The van der Waals surface area contributed by atoms with Gasteiger partial charge in [-0.05, 0) is 4.94 Å². The van der Waals surface area contributed by atoms with Gasteiger partial charge in [0.05, 0.1) is 0 Å². The number of hydrogen-bond acceptors (Lipinski definition) is 3. The van der Waals surface area contributed by atoms with Crippen LogP contribution >= 0.6 is 0 Å². The van der Waals surface area contributed by atoms with Crippen LogP contribution in [0.2, 0.25) is 0 Å². The van der Waals surface area contributed by atoms with Crippen molar-refractivity contribution < 1.29 is 15.4 Å². The van der Waals surface area contributed by atoms with Crippen molar-refractivity contribution in [3.63, 3.8) is 0 Å². The third-order valence-corrected chi connectivity index (χ3v) is 2.24. The Morgan fingerprint density at radius 1 is 1.09 bits per heavy atom. The first-order valence-electron chi connectivity index (χ1n) is 3.69. The van der Waals surface area contributed by atoms with Crippen LogP contribution in [0.5, 0.6) is 0 Å². The average molecular weight is 158 g/mol. The number of hydroxylamine groups is 4. The van der Waals surface area contributed by atoms with Crippen LogP contribution in [0.1, 0.15) is 12.8 Å². The highest BCUT2D eigenvalue weighted by Gasteiger charge is 2.43. The molecule has 2 N–H and O–H groups in total. The lowest BCUT2D eigenvalue weighted by molar-refractivity contribution is -1.27. The Morgan fingerprint density at radius 3 is 2.00 bits per heavy atom. The molecule has 1 aliphatic heterocycles. The quantitative estimate of drug-likeness (QED) is 0.308. The Morgan fingerprint density at radius 2 is 1.55 bits per heavy atom. The van der Waals surface area contributed by atoms with Gasteiger partial charge in [0.2, 0.25) is 0 Å². The summed E-state index contributed by atoms with van der Waals surface area (Å²) in [6.07, 6.45) is 5.19. The van der Waals surface area contributed by atoms with Crippen molar-refractivity contribution in [2.75, 3.05) is 0 Å². The van der Waals surface area contributed by atoms with E-state index in [1.54, 1.807) is 0 Å². The van der Waals surface area contributed by atoms with Crippen LogP contribution < -0.4 is 10.5 Å². The molecule has 5 heteroatoms. The predicted molar refractivity (Wildman–Crippen MR) is 35.7 cm³/mol. The summed E-state index contributed by atoms with van der Waals surface area (Å²) < 4.78 is 0. The molecule has 0 aromatic rings. The molecule has 62 valence electrons. The number of fused-ring (bicyclic) bond motifs is 1. The van der Waals surface area contributed by atoms with Crippen LogP contribution in [0.15, 0.2) is 12.2 Å². The van der Waals surface area contributed by atoms with Gasteiger partial charge >= 0.3 is 0 Å². The topological polar surface area (TPSA) is 64.2 Å². The fourth-order valence-electron chi connectivity index (χ4n) is 1.59.